The van der Waals surface area contributed by atoms with Crippen molar-refractivity contribution in [2.75, 3.05) is 7.11 Å². The van der Waals surface area contributed by atoms with Crippen LogP contribution >= 0.6 is 15.9 Å². The number of halogens is 1. The number of ether oxygens (including phenoxy) is 1. The van der Waals surface area contributed by atoms with E-state index in [4.69, 9.17) is 4.42 Å². The first-order chi connectivity index (χ1) is 10.0. The number of rotatable bonds is 4. The lowest BCUT2D eigenvalue weighted by molar-refractivity contribution is -0.137. The summed E-state index contributed by atoms with van der Waals surface area (Å²) in [5.41, 5.74) is 0.846. The van der Waals surface area contributed by atoms with Gasteiger partial charge in [-0.25, -0.2) is 4.79 Å². The number of hydrogen-bond acceptors (Lipinski definition) is 4. The highest BCUT2D eigenvalue weighted by Crippen LogP contribution is 2.26. The third-order valence-electron chi connectivity index (χ3n) is 2.81. The minimum absolute atomic E-state index is 0.0485. The first-order valence-corrected chi connectivity index (χ1v) is 6.97. The molecular weight excluding hydrogens is 336 g/mol. The molecule has 0 saturated carbocycles. The molecule has 4 nitrogen and oxygen atoms in total. The van der Waals surface area contributed by atoms with E-state index in [1.807, 2.05) is 24.3 Å². The van der Waals surface area contributed by atoms with Crippen molar-refractivity contribution in [3.63, 3.8) is 0 Å². The molecule has 1 aromatic carbocycles. The normalized spacial score (nSPS) is 11.3. The Morgan fingerprint density at radius 3 is 2.62 bits per heavy atom. The van der Waals surface area contributed by atoms with E-state index >= 15 is 0 Å². The summed E-state index contributed by atoms with van der Waals surface area (Å²) in [6, 6.07) is 11.1. The fourth-order valence-electron chi connectivity index (χ4n) is 1.78. The number of carbonyl (C=O) groups is 2. The van der Waals surface area contributed by atoms with E-state index in [0.717, 1.165) is 10.0 Å². The van der Waals surface area contributed by atoms with Crippen molar-refractivity contribution < 1.29 is 18.7 Å². The molecule has 1 aromatic heterocycles. The van der Waals surface area contributed by atoms with Gasteiger partial charge in [-0.3, -0.25) is 4.79 Å². The van der Waals surface area contributed by atoms with Gasteiger partial charge in [0.2, 0.25) is 0 Å². The Balaban J connectivity index is 2.35. The van der Waals surface area contributed by atoms with E-state index in [2.05, 4.69) is 20.7 Å². The second kappa shape index (κ2) is 6.54. The summed E-state index contributed by atoms with van der Waals surface area (Å²) >= 11 is 3.39. The number of Topliss-reactive ketones (excluding diaryl/α,β-unsaturated/α-hetero) is 1. The molecule has 0 radical (unpaired) electrons. The molecule has 0 fully saturated rings. The topological polar surface area (TPSA) is 56.5 Å². The molecule has 2 aromatic rings. The highest BCUT2D eigenvalue weighted by atomic mass is 79.9. The van der Waals surface area contributed by atoms with Gasteiger partial charge in [0.1, 0.15) is 17.1 Å². The van der Waals surface area contributed by atoms with Crippen LogP contribution in [0.2, 0.25) is 0 Å². The average molecular weight is 349 g/mol. The fraction of sp³-hybridized carbons (Fsp3) is 0.125. The van der Waals surface area contributed by atoms with Gasteiger partial charge in [0.25, 0.3) is 0 Å². The quantitative estimate of drug-likeness (QED) is 0.364. The molecule has 0 bridgehead atoms. The van der Waals surface area contributed by atoms with Crippen LogP contribution in [0.25, 0.3) is 17.4 Å². The molecule has 0 aliphatic carbocycles. The number of carbonyl (C=O) groups excluding carboxylic acids is 2. The number of esters is 1. The van der Waals surface area contributed by atoms with Gasteiger partial charge in [-0.15, -0.1) is 0 Å². The zero-order chi connectivity index (χ0) is 15.4. The van der Waals surface area contributed by atoms with E-state index in [-0.39, 0.29) is 11.4 Å². The second-order valence-electron chi connectivity index (χ2n) is 4.32. The highest BCUT2D eigenvalue weighted by Gasteiger charge is 2.16. The van der Waals surface area contributed by atoms with Gasteiger partial charge in [0, 0.05) is 10.0 Å². The highest BCUT2D eigenvalue weighted by molar-refractivity contribution is 9.10. The molecule has 5 heteroatoms. The molecule has 0 N–H and O–H groups in total. The second-order valence-corrected chi connectivity index (χ2v) is 5.23. The van der Waals surface area contributed by atoms with Gasteiger partial charge >= 0.3 is 5.97 Å². The molecule has 2 rings (SSSR count). The number of methoxy groups -OCH3 is 1. The Labute approximate surface area is 130 Å². The molecule has 1 heterocycles. The number of benzene rings is 1. The largest absolute Gasteiger partial charge is 0.465 e. The molecule has 108 valence electrons. The molecule has 0 saturated heterocycles. The third kappa shape index (κ3) is 3.70. The predicted octanol–water partition coefficient (Wildman–Crippen LogP) is 3.85. The Morgan fingerprint density at radius 2 is 2.00 bits per heavy atom. The Morgan fingerprint density at radius 1 is 1.24 bits per heavy atom. The van der Waals surface area contributed by atoms with Gasteiger partial charge < -0.3 is 9.15 Å². The van der Waals surface area contributed by atoms with Crippen molar-refractivity contribution in [1.29, 1.82) is 0 Å². The lowest BCUT2D eigenvalue weighted by Crippen LogP contribution is -2.11. The summed E-state index contributed by atoms with van der Waals surface area (Å²) < 4.78 is 11.2. The average Bonchev–Trinajstić information content (AvgIpc) is 2.92. The molecule has 0 atom stereocenters. The summed E-state index contributed by atoms with van der Waals surface area (Å²) in [4.78, 5) is 23.0. The van der Waals surface area contributed by atoms with Gasteiger partial charge in [-0.1, -0.05) is 28.1 Å². The van der Waals surface area contributed by atoms with Crippen LogP contribution in [0.1, 0.15) is 12.7 Å². The van der Waals surface area contributed by atoms with E-state index in [9.17, 15) is 9.59 Å². The van der Waals surface area contributed by atoms with Crippen LogP contribution < -0.4 is 0 Å². The molecule has 0 spiro atoms. The van der Waals surface area contributed by atoms with Crippen LogP contribution in [0, 0.1) is 0 Å². The maximum Gasteiger partial charge on any atom is 0.341 e. The number of furan rings is 1. The molecular formula is C16H13BrO4. The molecule has 0 aliphatic rings. The third-order valence-corrected chi connectivity index (χ3v) is 3.30. The first-order valence-electron chi connectivity index (χ1n) is 6.18. The molecule has 0 unspecified atom stereocenters. The minimum Gasteiger partial charge on any atom is -0.465 e. The lowest BCUT2D eigenvalue weighted by Gasteiger charge is -2.00. The Kier molecular flexibility index (Phi) is 4.75. The smallest absolute Gasteiger partial charge is 0.341 e. The summed E-state index contributed by atoms with van der Waals surface area (Å²) in [7, 11) is 1.23. The predicted molar refractivity (Wildman–Crippen MR) is 82.5 cm³/mol. The standard InChI is InChI=1S/C16H13BrO4/c1-10(18)14(16(19)20-2)9-13-6-7-15(21-13)11-4-3-5-12(17)8-11/h3-9H,1-2H3. The van der Waals surface area contributed by atoms with Crippen molar-refractivity contribution in [1.82, 2.24) is 0 Å². The molecule has 21 heavy (non-hydrogen) atoms. The van der Waals surface area contributed by atoms with Crippen molar-refractivity contribution in [3.8, 4) is 11.3 Å². The molecule has 0 amide bonds. The first kappa shape index (κ1) is 15.3. The van der Waals surface area contributed by atoms with Crippen molar-refractivity contribution in [2.45, 2.75) is 6.92 Å². The minimum atomic E-state index is -0.678. The summed E-state index contributed by atoms with van der Waals surface area (Å²) in [6.07, 6.45) is 1.38. The van der Waals surface area contributed by atoms with Crippen LogP contribution in [-0.2, 0) is 14.3 Å². The monoisotopic (exact) mass is 348 g/mol. The van der Waals surface area contributed by atoms with Crippen LogP contribution in [0.3, 0.4) is 0 Å². The Hall–Kier alpha value is -2.14. The maximum absolute atomic E-state index is 11.5. The zero-order valence-corrected chi connectivity index (χ0v) is 13.1. The molecule has 0 aliphatic heterocycles. The number of ketones is 1. The van der Waals surface area contributed by atoms with Crippen molar-refractivity contribution >= 4 is 33.8 Å². The summed E-state index contributed by atoms with van der Waals surface area (Å²) in [5, 5.41) is 0. The zero-order valence-electron chi connectivity index (χ0n) is 11.6. The SMILES string of the molecule is COC(=O)C(=Cc1ccc(-c2cccc(Br)c2)o1)C(C)=O. The van der Waals surface area contributed by atoms with Crippen molar-refractivity contribution in [3.05, 3.63) is 52.2 Å². The van der Waals surface area contributed by atoms with E-state index in [0.29, 0.717) is 11.5 Å². The van der Waals surface area contributed by atoms with Crippen molar-refractivity contribution in [2.24, 2.45) is 0 Å². The van der Waals surface area contributed by atoms with Crippen LogP contribution in [-0.4, -0.2) is 18.9 Å². The summed E-state index contributed by atoms with van der Waals surface area (Å²) in [5.74, 6) is 0.0149. The van der Waals surface area contributed by atoms with Gasteiger partial charge in [-0.2, -0.15) is 0 Å². The van der Waals surface area contributed by atoms with Crippen LogP contribution in [0.15, 0.2) is 50.9 Å². The fourth-order valence-corrected chi connectivity index (χ4v) is 2.18. The van der Waals surface area contributed by atoms with Gasteiger partial charge in [0.15, 0.2) is 5.78 Å². The van der Waals surface area contributed by atoms with Crippen LogP contribution in [0.4, 0.5) is 0 Å². The number of hydrogen-bond donors (Lipinski definition) is 0. The van der Waals surface area contributed by atoms with Gasteiger partial charge in [-0.05, 0) is 37.3 Å². The van der Waals surface area contributed by atoms with E-state index in [1.165, 1.54) is 20.1 Å². The summed E-state index contributed by atoms with van der Waals surface area (Å²) in [6.45, 7) is 1.31. The van der Waals surface area contributed by atoms with Gasteiger partial charge in [0.05, 0.1) is 7.11 Å². The lowest BCUT2D eigenvalue weighted by atomic mass is 10.1. The Bertz CT molecular complexity index is 713. The van der Waals surface area contributed by atoms with Crippen LogP contribution in [0.5, 0.6) is 0 Å². The maximum atomic E-state index is 11.5. The van der Waals surface area contributed by atoms with E-state index < -0.39 is 5.97 Å². The van der Waals surface area contributed by atoms with E-state index in [1.54, 1.807) is 12.1 Å².